The third-order valence-electron chi connectivity index (χ3n) is 5.14. The number of nitrogens with one attached hydrogen (secondary N) is 2. The lowest BCUT2D eigenvalue weighted by Gasteiger charge is -2.12. The number of hydrogen-bond acceptors (Lipinski definition) is 5. The summed E-state index contributed by atoms with van der Waals surface area (Å²) in [6.45, 7) is 0. The zero-order valence-corrected chi connectivity index (χ0v) is 17.9. The summed E-state index contributed by atoms with van der Waals surface area (Å²) in [6.07, 6.45) is 5.77. The summed E-state index contributed by atoms with van der Waals surface area (Å²) in [6, 6.07) is 14.3. The molecule has 32 heavy (non-hydrogen) atoms. The SMILES string of the molecule is O=C(NC1CCCC1)c1ccc(Oc2ccc(NS(=O)(=O)c3ccc(F)cc3)cc2)nc1. The Morgan fingerprint density at radius 3 is 2.28 bits per heavy atom. The van der Waals surface area contributed by atoms with Crippen molar-refractivity contribution in [1.29, 1.82) is 0 Å². The van der Waals surface area contributed by atoms with Gasteiger partial charge in [0.15, 0.2) is 0 Å². The molecule has 2 N–H and O–H groups in total. The lowest BCUT2D eigenvalue weighted by Crippen LogP contribution is -2.32. The topological polar surface area (TPSA) is 97.4 Å². The number of benzene rings is 2. The van der Waals surface area contributed by atoms with Gasteiger partial charge in [-0.2, -0.15) is 0 Å². The molecule has 1 aliphatic carbocycles. The first-order valence-corrected chi connectivity index (χ1v) is 11.7. The van der Waals surface area contributed by atoms with Gasteiger partial charge < -0.3 is 10.1 Å². The first kappa shape index (κ1) is 21.8. The van der Waals surface area contributed by atoms with Crippen molar-refractivity contribution in [2.45, 2.75) is 36.6 Å². The van der Waals surface area contributed by atoms with E-state index in [-0.39, 0.29) is 16.8 Å². The Hall–Kier alpha value is -3.46. The molecule has 7 nitrogen and oxygen atoms in total. The van der Waals surface area contributed by atoms with Crippen LogP contribution in [0, 0.1) is 5.82 Å². The molecule has 0 unspecified atom stereocenters. The summed E-state index contributed by atoms with van der Waals surface area (Å²) in [4.78, 5) is 16.4. The van der Waals surface area contributed by atoms with E-state index in [1.165, 1.54) is 18.3 Å². The minimum absolute atomic E-state index is 0.0412. The van der Waals surface area contributed by atoms with Crippen LogP contribution in [0.2, 0.25) is 0 Å². The predicted molar refractivity (Wildman–Crippen MR) is 118 cm³/mol. The number of pyridine rings is 1. The molecule has 0 atom stereocenters. The number of hydrogen-bond donors (Lipinski definition) is 2. The van der Waals surface area contributed by atoms with Crippen LogP contribution in [0.25, 0.3) is 0 Å². The van der Waals surface area contributed by atoms with E-state index in [1.54, 1.807) is 36.4 Å². The van der Waals surface area contributed by atoms with Crippen molar-refractivity contribution in [3.05, 3.63) is 78.2 Å². The van der Waals surface area contributed by atoms with E-state index in [1.807, 2.05) is 0 Å². The molecular formula is C23H22FN3O4S. The molecule has 4 rings (SSSR count). The highest BCUT2D eigenvalue weighted by atomic mass is 32.2. The molecule has 0 radical (unpaired) electrons. The first-order chi connectivity index (χ1) is 15.4. The Bertz CT molecular complexity index is 1180. The van der Waals surface area contributed by atoms with E-state index in [9.17, 15) is 17.6 Å². The van der Waals surface area contributed by atoms with Crippen LogP contribution in [0.4, 0.5) is 10.1 Å². The van der Waals surface area contributed by atoms with Gasteiger partial charge in [-0.15, -0.1) is 0 Å². The van der Waals surface area contributed by atoms with Gasteiger partial charge >= 0.3 is 0 Å². The van der Waals surface area contributed by atoms with Gasteiger partial charge in [-0.3, -0.25) is 9.52 Å². The molecule has 1 fully saturated rings. The standard InChI is InChI=1S/C23H22FN3O4S/c24-17-6-12-21(13-7-17)32(29,30)27-19-8-10-20(11-9-19)31-22-14-5-16(15-25-22)23(28)26-18-3-1-2-4-18/h5-15,18,27H,1-4H2,(H,26,28). The average molecular weight is 456 g/mol. The number of ether oxygens (including phenoxy) is 1. The van der Waals surface area contributed by atoms with Crippen molar-refractivity contribution in [2.75, 3.05) is 4.72 Å². The third kappa shape index (κ3) is 5.42. The van der Waals surface area contributed by atoms with Crippen LogP contribution < -0.4 is 14.8 Å². The van der Waals surface area contributed by atoms with Gasteiger partial charge in [-0.25, -0.2) is 17.8 Å². The Morgan fingerprint density at radius 1 is 0.969 bits per heavy atom. The molecule has 166 valence electrons. The monoisotopic (exact) mass is 455 g/mol. The van der Waals surface area contributed by atoms with Gasteiger partial charge in [0.05, 0.1) is 10.5 Å². The zero-order valence-electron chi connectivity index (χ0n) is 17.1. The van der Waals surface area contributed by atoms with Gasteiger partial charge in [0, 0.05) is 24.0 Å². The van der Waals surface area contributed by atoms with Crippen molar-refractivity contribution >= 4 is 21.6 Å². The van der Waals surface area contributed by atoms with Gasteiger partial charge in [0.25, 0.3) is 15.9 Å². The maximum Gasteiger partial charge on any atom is 0.261 e. The number of sulfonamides is 1. The second-order valence-electron chi connectivity index (χ2n) is 7.53. The second kappa shape index (κ2) is 9.35. The lowest BCUT2D eigenvalue weighted by molar-refractivity contribution is 0.0937. The maximum absolute atomic E-state index is 13.0. The summed E-state index contributed by atoms with van der Waals surface area (Å²) >= 11 is 0. The van der Waals surface area contributed by atoms with Crippen LogP contribution in [0.5, 0.6) is 11.6 Å². The molecule has 1 amide bonds. The fourth-order valence-corrected chi connectivity index (χ4v) is 4.51. The highest BCUT2D eigenvalue weighted by Crippen LogP contribution is 2.24. The van der Waals surface area contributed by atoms with E-state index in [2.05, 4.69) is 15.0 Å². The predicted octanol–water partition coefficient (Wildman–Crippen LogP) is 4.49. The minimum Gasteiger partial charge on any atom is -0.439 e. The molecule has 2 aromatic carbocycles. The lowest BCUT2D eigenvalue weighted by atomic mass is 10.2. The van der Waals surface area contributed by atoms with Crippen LogP contribution in [-0.2, 0) is 10.0 Å². The van der Waals surface area contributed by atoms with Crippen LogP contribution >= 0.6 is 0 Å². The molecule has 9 heteroatoms. The van der Waals surface area contributed by atoms with Gasteiger partial charge in [0.1, 0.15) is 11.6 Å². The van der Waals surface area contributed by atoms with E-state index in [4.69, 9.17) is 4.74 Å². The molecule has 3 aromatic rings. The molecular weight excluding hydrogens is 433 g/mol. The molecule has 0 aliphatic heterocycles. The van der Waals surface area contributed by atoms with Crippen molar-refractivity contribution in [2.24, 2.45) is 0 Å². The minimum atomic E-state index is -3.83. The maximum atomic E-state index is 13.0. The quantitative estimate of drug-likeness (QED) is 0.547. The Kier molecular flexibility index (Phi) is 6.36. The van der Waals surface area contributed by atoms with Crippen molar-refractivity contribution in [1.82, 2.24) is 10.3 Å². The number of nitrogens with zero attached hydrogens (tertiary/aromatic N) is 1. The Morgan fingerprint density at radius 2 is 1.66 bits per heavy atom. The van der Waals surface area contributed by atoms with Gasteiger partial charge in [0.2, 0.25) is 5.88 Å². The normalized spacial score (nSPS) is 14.2. The number of carbonyl (C=O) groups excluding carboxylic acids is 1. The fraction of sp³-hybridized carbons (Fsp3) is 0.217. The van der Waals surface area contributed by atoms with E-state index in [0.29, 0.717) is 22.9 Å². The van der Waals surface area contributed by atoms with Crippen molar-refractivity contribution < 1.29 is 22.3 Å². The zero-order chi connectivity index (χ0) is 22.6. The molecule has 0 bridgehead atoms. The largest absolute Gasteiger partial charge is 0.439 e. The highest BCUT2D eigenvalue weighted by molar-refractivity contribution is 7.92. The molecule has 1 saturated carbocycles. The summed E-state index contributed by atoms with van der Waals surface area (Å²) in [5.41, 5.74) is 0.795. The number of aromatic nitrogens is 1. The molecule has 0 saturated heterocycles. The molecule has 1 aliphatic rings. The molecule has 0 spiro atoms. The highest BCUT2D eigenvalue weighted by Gasteiger charge is 2.18. The number of carbonyl (C=O) groups is 1. The summed E-state index contributed by atoms with van der Waals surface area (Å²) in [5, 5.41) is 3.01. The number of anilines is 1. The smallest absolute Gasteiger partial charge is 0.261 e. The van der Waals surface area contributed by atoms with E-state index >= 15 is 0 Å². The van der Waals surface area contributed by atoms with Gasteiger partial charge in [-0.1, -0.05) is 12.8 Å². The van der Waals surface area contributed by atoms with Crippen LogP contribution in [0.1, 0.15) is 36.0 Å². The van der Waals surface area contributed by atoms with Crippen molar-refractivity contribution in [3.63, 3.8) is 0 Å². The summed E-state index contributed by atoms with van der Waals surface area (Å²) < 4.78 is 45.9. The summed E-state index contributed by atoms with van der Waals surface area (Å²) in [7, 11) is -3.83. The summed E-state index contributed by atoms with van der Waals surface area (Å²) in [5.74, 6) is 0.0997. The van der Waals surface area contributed by atoms with Crippen LogP contribution in [0.3, 0.4) is 0 Å². The van der Waals surface area contributed by atoms with E-state index in [0.717, 1.165) is 37.8 Å². The van der Waals surface area contributed by atoms with Crippen molar-refractivity contribution in [3.8, 4) is 11.6 Å². The molecule has 1 heterocycles. The Labute approximate surface area is 185 Å². The second-order valence-corrected chi connectivity index (χ2v) is 9.21. The fourth-order valence-electron chi connectivity index (χ4n) is 3.45. The Balaban J connectivity index is 1.36. The third-order valence-corrected chi connectivity index (χ3v) is 6.54. The van der Waals surface area contributed by atoms with Crippen LogP contribution in [0.15, 0.2) is 71.8 Å². The van der Waals surface area contributed by atoms with E-state index < -0.39 is 15.8 Å². The van der Waals surface area contributed by atoms with Crippen LogP contribution in [-0.4, -0.2) is 25.4 Å². The first-order valence-electron chi connectivity index (χ1n) is 10.2. The average Bonchev–Trinajstić information content (AvgIpc) is 3.29. The number of halogens is 1. The number of amides is 1. The number of rotatable bonds is 7. The molecule has 1 aromatic heterocycles. The van der Waals surface area contributed by atoms with Gasteiger partial charge in [-0.05, 0) is 67.4 Å².